The van der Waals surface area contributed by atoms with Gasteiger partial charge < -0.3 is 24.8 Å². The smallest absolute Gasteiger partial charge is 0.160 e. The molecule has 2 aromatic carbocycles. The Kier molecular flexibility index (Phi) is 6.15. The van der Waals surface area contributed by atoms with Gasteiger partial charge in [0, 0.05) is 0 Å². The van der Waals surface area contributed by atoms with Crippen molar-refractivity contribution in [3.8, 4) is 23.0 Å². The average Bonchev–Trinajstić information content (AvgIpc) is 2.62. The van der Waals surface area contributed by atoms with E-state index >= 15 is 0 Å². The van der Waals surface area contributed by atoms with E-state index < -0.39 is 6.10 Å². The number of hydrogen-bond acceptors (Lipinski definition) is 5. The van der Waals surface area contributed by atoms with Gasteiger partial charge in [-0.25, -0.2) is 0 Å². The first kappa shape index (κ1) is 18.9. The van der Waals surface area contributed by atoms with Gasteiger partial charge in [-0.05, 0) is 53.6 Å². The molecule has 136 valence electrons. The zero-order valence-corrected chi connectivity index (χ0v) is 15.1. The van der Waals surface area contributed by atoms with Gasteiger partial charge in [-0.1, -0.05) is 26.0 Å². The van der Waals surface area contributed by atoms with Gasteiger partial charge in [0.1, 0.15) is 0 Å². The monoisotopic (exact) mass is 346 g/mol. The molecular formula is C20H26O5. The molecule has 2 rings (SSSR count). The van der Waals surface area contributed by atoms with Crippen molar-refractivity contribution in [3.63, 3.8) is 0 Å². The third kappa shape index (κ3) is 4.37. The predicted octanol–water partition coefficient (Wildman–Crippen LogP) is 3.66. The number of ether oxygens (including phenoxy) is 2. The SMILES string of the molecule is COc1cc(C[C@@H](C)[C@H](C)[C@H](O)c2ccc(O)c(OC)c2)ccc1O. The topological polar surface area (TPSA) is 79.2 Å². The number of phenols is 2. The number of methoxy groups -OCH3 is 2. The molecule has 0 spiro atoms. The van der Waals surface area contributed by atoms with Crippen LogP contribution in [0.25, 0.3) is 0 Å². The molecule has 3 N–H and O–H groups in total. The zero-order chi connectivity index (χ0) is 18.6. The third-order valence-corrected chi connectivity index (χ3v) is 4.74. The fourth-order valence-electron chi connectivity index (χ4n) is 2.90. The van der Waals surface area contributed by atoms with Crippen molar-refractivity contribution >= 4 is 0 Å². The van der Waals surface area contributed by atoms with E-state index in [2.05, 4.69) is 6.92 Å². The van der Waals surface area contributed by atoms with E-state index in [0.29, 0.717) is 17.1 Å². The van der Waals surface area contributed by atoms with Gasteiger partial charge in [-0.2, -0.15) is 0 Å². The molecule has 0 heterocycles. The molecule has 0 aliphatic carbocycles. The van der Waals surface area contributed by atoms with Crippen LogP contribution in [-0.2, 0) is 6.42 Å². The molecule has 0 amide bonds. The molecule has 3 atom stereocenters. The Hall–Kier alpha value is -2.40. The first-order valence-corrected chi connectivity index (χ1v) is 8.28. The number of aliphatic hydroxyl groups excluding tert-OH is 1. The Bertz CT molecular complexity index is 713. The zero-order valence-electron chi connectivity index (χ0n) is 15.1. The minimum Gasteiger partial charge on any atom is -0.504 e. The Labute approximate surface area is 148 Å². The van der Waals surface area contributed by atoms with Crippen molar-refractivity contribution in [2.45, 2.75) is 26.4 Å². The van der Waals surface area contributed by atoms with Gasteiger partial charge in [-0.15, -0.1) is 0 Å². The Balaban J connectivity index is 2.12. The summed E-state index contributed by atoms with van der Waals surface area (Å²) < 4.78 is 10.3. The second-order valence-corrected chi connectivity index (χ2v) is 6.42. The molecule has 0 bridgehead atoms. The summed E-state index contributed by atoms with van der Waals surface area (Å²) in [5.74, 6) is 1.12. The van der Waals surface area contributed by atoms with Crippen LogP contribution in [0.4, 0.5) is 0 Å². The number of phenolic OH excluding ortho intramolecular Hbond substituents is 2. The lowest BCUT2D eigenvalue weighted by Crippen LogP contribution is -2.19. The quantitative estimate of drug-likeness (QED) is 0.713. The van der Waals surface area contributed by atoms with Gasteiger partial charge in [0.25, 0.3) is 0 Å². The van der Waals surface area contributed by atoms with Crippen molar-refractivity contribution in [2.75, 3.05) is 14.2 Å². The summed E-state index contributed by atoms with van der Waals surface area (Å²) in [5, 5.41) is 30.1. The van der Waals surface area contributed by atoms with E-state index in [0.717, 1.165) is 12.0 Å². The van der Waals surface area contributed by atoms with Crippen LogP contribution in [-0.4, -0.2) is 29.5 Å². The minimum atomic E-state index is -0.677. The maximum absolute atomic E-state index is 10.7. The van der Waals surface area contributed by atoms with E-state index in [1.165, 1.54) is 20.3 Å². The normalized spacial score (nSPS) is 14.6. The molecule has 2 aromatic rings. The lowest BCUT2D eigenvalue weighted by molar-refractivity contribution is 0.0869. The highest BCUT2D eigenvalue weighted by molar-refractivity contribution is 5.43. The van der Waals surface area contributed by atoms with E-state index in [4.69, 9.17) is 9.47 Å². The molecule has 0 aliphatic heterocycles. The summed E-state index contributed by atoms with van der Waals surface area (Å²) >= 11 is 0. The van der Waals surface area contributed by atoms with Crippen molar-refractivity contribution in [3.05, 3.63) is 47.5 Å². The molecule has 0 fully saturated rings. The summed E-state index contributed by atoms with van der Waals surface area (Å²) in [4.78, 5) is 0. The van der Waals surface area contributed by atoms with E-state index in [-0.39, 0.29) is 23.3 Å². The largest absolute Gasteiger partial charge is 0.504 e. The lowest BCUT2D eigenvalue weighted by atomic mass is 9.83. The molecule has 0 saturated heterocycles. The second kappa shape index (κ2) is 8.12. The summed E-state index contributed by atoms with van der Waals surface area (Å²) in [6.45, 7) is 4.07. The van der Waals surface area contributed by atoms with Crippen LogP contribution in [0.1, 0.15) is 31.1 Å². The van der Waals surface area contributed by atoms with E-state index in [1.807, 2.05) is 19.1 Å². The van der Waals surface area contributed by atoms with Gasteiger partial charge in [-0.3, -0.25) is 0 Å². The molecule has 5 nitrogen and oxygen atoms in total. The van der Waals surface area contributed by atoms with Gasteiger partial charge in [0.15, 0.2) is 23.0 Å². The average molecular weight is 346 g/mol. The lowest BCUT2D eigenvalue weighted by Gasteiger charge is -2.26. The van der Waals surface area contributed by atoms with E-state index in [9.17, 15) is 15.3 Å². The molecule has 0 unspecified atom stereocenters. The van der Waals surface area contributed by atoms with Crippen LogP contribution < -0.4 is 9.47 Å². The standard InChI is InChI=1S/C20H26O5/c1-12(9-14-5-7-16(21)18(10-14)24-3)13(2)20(23)15-6-8-17(22)19(11-15)25-4/h5-8,10-13,20-23H,9H2,1-4H3/t12-,13+,20+/m1/s1. The predicted molar refractivity (Wildman–Crippen MR) is 96.3 cm³/mol. The summed E-state index contributed by atoms with van der Waals surface area (Å²) in [6.07, 6.45) is 0.0629. The number of hydrogen-bond donors (Lipinski definition) is 3. The van der Waals surface area contributed by atoms with Crippen LogP contribution in [0.5, 0.6) is 23.0 Å². The maximum atomic E-state index is 10.7. The number of aliphatic hydroxyl groups is 1. The van der Waals surface area contributed by atoms with Crippen LogP contribution in [0.2, 0.25) is 0 Å². The molecule has 0 saturated carbocycles. The number of rotatable bonds is 7. The fourth-order valence-corrected chi connectivity index (χ4v) is 2.90. The molecule has 0 aliphatic rings. The van der Waals surface area contributed by atoms with Gasteiger partial charge in [0.05, 0.1) is 20.3 Å². The van der Waals surface area contributed by atoms with Crippen molar-refractivity contribution in [1.82, 2.24) is 0 Å². The minimum absolute atomic E-state index is 0.0194. The summed E-state index contributed by atoms with van der Waals surface area (Å²) in [7, 11) is 3.00. The fraction of sp³-hybridized carbons (Fsp3) is 0.400. The molecular weight excluding hydrogens is 320 g/mol. The molecule has 25 heavy (non-hydrogen) atoms. The number of benzene rings is 2. The highest BCUT2D eigenvalue weighted by Crippen LogP contribution is 2.35. The molecule has 0 aromatic heterocycles. The van der Waals surface area contributed by atoms with Crippen LogP contribution in [0.15, 0.2) is 36.4 Å². The summed E-state index contributed by atoms with van der Waals surface area (Å²) in [5.41, 5.74) is 1.74. The van der Waals surface area contributed by atoms with Crippen molar-refractivity contribution < 1.29 is 24.8 Å². The van der Waals surface area contributed by atoms with Crippen molar-refractivity contribution in [2.24, 2.45) is 11.8 Å². The summed E-state index contributed by atoms with van der Waals surface area (Å²) in [6, 6.07) is 10.2. The Morgan fingerprint density at radius 2 is 1.44 bits per heavy atom. The molecule has 0 radical (unpaired) electrons. The maximum Gasteiger partial charge on any atom is 0.160 e. The van der Waals surface area contributed by atoms with Gasteiger partial charge >= 0.3 is 0 Å². The first-order valence-electron chi connectivity index (χ1n) is 8.28. The highest BCUT2D eigenvalue weighted by Gasteiger charge is 2.23. The van der Waals surface area contributed by atoms with Crippen molar-refractivity contribution in [1.29, 1.82) is 0 Å². The third-order valence-electron chi connectivity index (χ3n) is 4.74. The Morgan fingerprint density at radius 3 is 2.04 bits per heavy atom. The Morgan fingerprint density at radius 1 is 0.880 bits per heavy atom. The number of aromatic hydroxyl groups is 2. The first-order chi connectivity index (χ1) is 11.9. The van der Waals surface area contributed by atoms with Gasteiger partial charge in [0.2, 0.25) is 0 Å². The highest BCUT2D eigenvalue weighted by atomic mass is 16.5. The molecule has 5 heteroatoms. The van der Waals surface area contributed by atoms with E-state index in [1.54, 1.807) is 18.2 Å². The van der Waals surface area contributed by atoms with Crippen LogP contribution >= 0.6 is 0 Å². The second-order valence-electron chi connectivity index (χ2n) is 6.42. The van der Waals surface area contributed by atoms with Crippen LogP contribution in [0, 0.1) is 11.8 Å². The van der Waals surface area contributed by atoms with Crippen LogP contribution in [0.3, 0.4) is 0 Å².